The Kier molecular flexibility index (Phi) is 5.00. The summed E-state index contributed by atoms with van der Waals surface area (Å²) in [6.45, 7) is 0. The van der Waals surface area contributed by atoms with Crippen molar-refractivity contribution in [2.75, 3.05) is 11.9 Å². The lowest BCUT2D eigenvalue weighted by Gasteiger charge is -2.38. The number of benzene rings is 1. The first-order chi connectivity index (χ1) is 15.0. The highest BCUT2D eigenvalue weighted by atomic mass is 32.1. The van der Waals surface area contributed by atoms with Crippen molar-refractivity contribution in [3.05, 3.63) is 35.5 Å². The number of aromatic nitrogens is 4. The Morgan fingerprint density at radius 2 is 2.13 bits per heavy atom. The number of nitriles is 1. The highest BCUT2D eigenvalue weighted by Crippen LogP contribution is 2.35. The molecule has 0 saturated carbocycles. The molecule has 2 saturated heterocycles. The van der Waals surface area contributed by atoms with Crippen molar-refractivity contribution in [1.82, 2.24) is 25.5 Å². The van der Waals surface area contributed by atoms with Crippen molar-refractivity contribution in [3.63, 3.8) is 0 Å². The first-order valence-corrected chi connectivity index (χ1v) is 10.9. The van der Waals surface area contributed by atoms with Crippen LogP contribution in [-0.2, 0) is 0 Å². The van der Waals surface area contributed by atoms with Gasteiger partial charge in [-0.3, -0.25) is 0 Å². The minimum absolute atomic E-state index is 0.00661. The number of thiazole rings is 1. The van der Waals surface area contributed by atoms with Gasteiger partial charge < -0.3 is 15.3 Å². The molecule has 10 heteroatoms. The quantitative estimate of drug-likeness (QED) is 0.641. The first kappa shape index (κ1) is 19.8. The van der Waals surface area contributed by atoms with Gasteiger partial charge in [0.05, 0.1) is 24.0 Å². The van der Waals surface area contributed by atoms with E-state index in [-0.39, 0.29) is 23.7 Å². The van der Waals surface area contributed by atoms with Crippen LogP contribution in [0.4, 0.5) is 10.2 Å². The van der Waals surface area contributed by atoms with Gasteiger partial charge in [-0.05, 0) is 31.4 Å². The van der Waals surface area contributed by atoms with Crippen LogP contribution in [0, 0.1) is 11.3 Å². The van der Waals surface area contributed by atoms with Crippen LogP contribution in [0.3, 0.4) is 0 Å². The van der Waals surface area contributed by atoms with E-state index in [9.17, 15) is 9.50 Å². The maximum Gasteiger partial charge on any atom is 0.185 e. The molecule has 0 spiro atoms. The van der Waals surface area contributed by atoms with Crippen LogP contribution in [0.15, 0.2) is 30.6 Å². The summed E-state index contributed by atoms with van der Waals surface area (Å²) in [4.78, 5) is 10.9. The van der Waals surface area contributed by atoms with E-state index in [1.54, 1.807) is 24.4 Å². The van der Waals surface area contributed by atoms with E-state index in [2.05, 4.69) is 31.6 Å². The molecule has 2 fully saturated rings. The third-order valence-corrected chi connectivity index (χ3v) is 7.01. The second-order valence-corrected chi connectivity index (χ2v) is 8.95. The Bertz CT molecular complexity index is 1150. The molecule has 5 rings (SSSR count). The van der Waals surface area contributed by atoms with Crippen molar-refractivity contribution in [2.45, 2.75) is 43.6 Å². The highest BCUT2D eigenvalue weighted by molar-refractivity contribution is 7.15. The van der Waals surface area contributed by atoms with E-state index in [0.29, 0.717) is 32.9 Å². The summed E-state index contributed by atoms with van der Waals surface area (Å²) in [6.07, 6.45) is 4.70. The maximum atomic E-state index is 14.8. The number of nitrogens with one attached hydrogen (secondary N) is 1. The van der Waals surface area contributed by atoms with E-state index >= 15 is 0 Å². The Labute approximate surface area is 182 Å². The zero-order valence-corrected chi connectivity index (χ0v) is 17.6. The van der Waals surface area contributed by atoms with Gasteiger partial charge in [0.25, 0.3) is 0 Å². The largest absolute Gasteiger partial charge is 0.507 e. The number of hydrogen-bond acceptors (Lipinski definition) is 9. The van der Waals surface area contributed by atoms with Gasteiger partial charge in [0.1, 0.15) is 27.9 Å². The number of rotatable bonds is 4. The molecule has 0 unspecified atom stereocenters. The molecular formula is C21H20FN7OS. The lowest BCUT2D eigenvalue weighted by atomic mass is 9.96. The van der Waals surface area contributed by atoms with E-state index < -0.39 is 6.17 Å². The molecule has 2 bridgehead atoms. The van der Waals surface area contributed by atoms with Gasteiger partial charge in [-0.1, -0.05) is 6.07 Å². The predicted molar refractivity (Wildman–Crippen MR) is 114 cm³/mol. The molecule has 2 aromatic heterocycles. The molecule has 8 nitrogen and oxygen atoms in total. The van der Waals surface area contributed by atoms with Gasteiger partial charge in [-0.15, -0.1) is 21.5 Å². The van der Waals surface area contributed by atoms with Crippen molar-refractivity contribution < 1.29 is 9.50 Å². The lowest BCUT2D eigenvalue weighted by Crippen LogP contribution is -2.55. The molecule has 0 radical (unpaired) electrons. The van der Waals surface area contributed by atoms with Gasteiger partial charge in [-0.25, -0.2) is 14.4 Å². The summed E-state index contributed by atoms with van der Waals surface area (Å²) in [5.74, 6) is 0.772. The molecule has 3 aromatic rings. The molecule has 4 heterocycles. The average Bonchev–Trinajstić information content (AvgIpc) is 3.43. The summed E-state index contributed by atoms with van der Waals surface area (Å²) in [7, 11) is 1.82. The minimum Gasteiger partial charge on any atom is -0.507 e. The summed E-state index contributed by atoms with van der Waals surface area (Å²) in [5.41, 5.74) is 1.14. The van der Waals surface area contributed by atoms with Crippen LogP contribution >= 0.6 is 11.3 Å². The number of aromatic hydroxyl groups is 1. The molecular weight excluding hydrogens is 417 g/mol. The zero-order valence-electron chi connectivity index (χ0n) is 16.7. The van der Waals surface area contributed by atoms with E-state index in [4.69, 9.17) is 5.26 Å². The van der Waals surface area contributed by atoms with Crippen LogP contribution in [0.2, 0.25) is 0 Å². The van der Waals surface area contributed by atoms with Crippen molar-refractivity contribution >= 4 is 17.2 Å². The number of hydrogen-bond donors (Lipinski definition) is 2. The Balaban J connectivity index is 1.35. The Hall–Kier alpha value is -3.16. The van der Waals surface area contributed by atoms with E-state index in [1.165, 1.54) is 17.5 Å². The SMILES string of the molecule is CN(c1cnc(-c2ccc(-c3ncc(C#N)s3)cc2O)nn1)[C@H]1C[C@@H]2CC[C@@H](N2)[C@H]1F. The molecule has 2 aliphatic heterocycles. The van der Waals surface area contributed by atoms with Crippen molar-refractivity contribution in [2.24, 2.45) is 0 Å². The highest BCUT2D eigenvalue weighted by Gasteiger charge is 2.43. The normalized spacial score (nSPS) is 24.7. The number of anilines is 1. The fraction of sp³-hybridized carbons (Fsp3) is 0.381. The van der Waals surface area contributed by atoms with Crippen LogP contribution in [0.5, 0.6) is 5.75 Å². The summed E-state index contributed by atoms with van der Waals surface area (Å²) in [5, 5.41) is 31.8. The number of halogens is 1. The van der Waals surface area contributed by atoms with Gasteiger partial charge in [-0.2, -0.15) is 5.26 Å². The molecule has 158 valence electrons. The van der Waals surface area contributed by atoms with Crippen molar-refractivity contribution in [1.29, 1.82) is 5.26 Å². The third kappa shape index (κ3) is 3.60. The Morgan fingerprint density at radius 1 is 1.26 bits per heavy atom. The number of phenolic OH excluding ortho intramolecular Hbond substituents is 1. The fourth-order valence-corrected chi connectivity index (χ4v) is 5.10. The standard InChI is InChI=1S/C21H20FN7OS/c1-29(16-7-12-3-5-15(26-12)19(16)22)18-10-24-20(28-27-18)14-4-2-11(6-17(14)30)21-25-9-13(8-23)31-21/h2,4,6,9-10,12,15-16,19,26,30H,3,5,7H2,1H3/t12-,15+,16-,19+/m0/s1. The lowest BCUT2D eigenvalue weighted by molar-refractivity contribution is 0.176. The minimum atomic E-state index is -0.964. The number of phenols is 1. The Morgan fingerprint density at radius 3 is 2.84 bits per heavy atom. The molecule has 0 aliphatic carbocycles. The number of alkyl halides is 1. The van der Waals surface area contributed by atoms with Crippen LogP contribution in [-0.4, -0.2) is 56.6 Å². The van der Waals surface area contributed by atoms with Gasteiger partial charge >= 0.3 is 0 Å². The monoisotopic (exact) mass is 437 g/mol. The van der Waals surface area contributed by atoms with E-state index in [1.807, 2.05) is 11.9 Å². The average molecular weight is 438 g/mol. The van der Waals surface area contributed by atoms with Gasteiger partial charge in [0.2, 0.25) is 0 Å². The van der Waals surface area contributed by atoms with Crippen LogP contribution in [0.1, 0.15) is 24.1 Å². The summed E-state index contributed by atoms with van der Waals surface area (Å²) >= 11 is 1.25. The molecule has 0 amide bonds. The summed E-state index contributed by atoms with van der Waals surface area (Å²) < 4.78 is 14.8. The number of fused-ring (bicyclic) bond motifs is 2. The fourth-order valence-electron chi connectivity index (χ4n) is 4.39. The van der Waals surface area contributed by atoms with Crippen molar-refractivity contribution in [3.8, 4) is 33.8 Å². The topological polar surface area (TPSA) is 111 Å². The third-order valence-electron chi connectivity index (χ3n) is 6.06. The molecule has 2 aliphatic rings. The van der Waals surface area contributed by atoms with Gasteiger partial charge in [0, 0.05) is 24.7 Å². The predicted octanol–water partition coefficient (Wildman–Crippen LogP) is 2.91. The van der Waals surface area contributed by atoms with Gasteiger partial charge in [0.15, 0.2) is 11.6 Å². The number of piperidine rings is 1. The summed E-state index contributed by atoms with van der Waals surface area (Å²) in [6, 6.07) is 7.10. The zero-order chi connectivity index (χ0) is 21.5. The molecule has 31 heavy (non-hydrogen) atoms. The maximum absolute atomic E-state index is 14.8. The van der Waals surface area contributed by atoms with Crippen LogP contribution in [0.25, 0.3) is 22.0 Å². The molecule has 2 N–H and O–H groups in total. The smallest absolute Gasteiger partial charge is 0.185 e. The van der Waals surface area contributed by atoms with E-state index in [0.717, 1.165) is 19.3 Å². The first-order valence-electron chi connectivity index (χ1n) is 10.1. The van der Waals surface area contributed by atoms with Crippen LogP contribution < -0.4 is 10.2 Å². The molecule has 1 aromatic carbocycles. The number of nitrogens with zero attached hydrogens (tertiary/aromatic N) is 6. The second kappa shape index (κ2) is 7.83. The second-order valence-electron chi connectivity index (χ2n) is 7.92. The molecule has 4 atom stereocenters.